The highest BCUT2D eigenvalue weighted by Gasteiger charge is 2.19. The summed E-state index contributed by atoms with van der Waals surface area (Å²) in [6.45, 7) is 0.471. The number of hydrogen-bond acceptors (Lipinski definition) is 2. The van der Waals surface area contributed by atoms with Gasteiger partial charge in [-0.05, 0) is 18.2 Å². The van der Waals surface area contributed by atoms with E-state index in [0.717, 1.165) is 5.56 Å². The number of likely N-dealkylation sites (N-methyl/N-ethyl adjacent to an activating group) is 1. The lowest BCUT2D eigenvalue weighted by molar-refractivity contribution is -0.890. The lowest BCUT2D eigenvalue weighted by atomic mass is 10.1. The first-order chi connectivity index (χ1) is 11.0. The number of hydrogen-bond donors (Lipinski definition) is 2. The number of carbonyl (C=O) groups excluding carboxylic acids is 1. The van der Waals surface area contributed by atoms with Crippen molar-refractivity contribution < 1.29 is 18.8 Å². The maximum atomic E-state index is 13.7. The minimum atomic E-state index is -0.544. The molecule has 4 nitrogen and oxygen atoms in total. The summed E-state index contributed by atoms with van der Waals surface area (Å²) in [4.78, 5) is 13.4. The highest BCUT2D eigenvalue weighted by molar-refractivity contribution is 5.94. The molecule has 23 heavy (non-hydrogen) atoms. The predicted molar refractivity (Wildman–Crippen MR) is 87.3 cm³/mol. The molecule has 2 aromatic carbocycles. The van der Waals surface area contributed by atoms with E-state index in [2.05, 4.69) is 5.32 Å². The van der Waals surface area contributed by atoms with Crippen LogP contribution in [0.2, 0.25) is 0 Å². The Balaban J connectivity index is 2.06. The van der Waals surface area contributed by atoms with Gasteiger partial charge in [-0.3, -0.25) is 4.79 Å². The van der Waals surface area contributed by atoms with E-state index in [0.29, 0.717) is 6.54 Å². The summed E-state index contributed by atoms with van der Waals surface area (Å²) in [7, 11) is 5.47. The van der Waals surface area contributed by atoms with Crippen molar-refractivity contribution in [3.63, 3.8) is 0 Å². The van der Waals surface area contributed by atoms with Crippen molar-refractivity contribution >= 4 is 5.91 Å². The van der Waals surface area contributed by atoms with Gasteiger partial charge in [0.05, 0.1) is 27.7 Å². The number of benzene rings is 2. The van der Waals surface area contributed by atoms with Gasteiger partial charge in [0, 0.05) is 11.1 Å². The lowest BCUT2D eigenvalue weighted by Gasteiger charge is -2.22. The van der Waals surface area contributed by atoms with Crippen molar-refractivity contribution in [3.8, 4) is 5.75 Å². The van der Waals surface area contributed by atoms with E-state index in [1.165, 1.54) is 24.1 Å². The van der Waals surface area contributed by atoms with Crippen LogP contribution in [0.1, 0.15) is 22.0 Å². The Kier molecular flexibility index (Phi) is 5.71. The molecule has 0 radical (unpaired) electrons. The van der Waals surface area contributed by atoms with Gasteiger partial charge in [0.15, 0.2) is 11.6 Å². The molecule has 2 N–H and O–H groups in total. The quantitative estimate of drug-likeness (QED) is 0.847. The van der Waals surface area contributed by atoms with Crippen molar-refractivity contribution in [2.45, 2.75) is 6.04 Å². The SMILES string of the molecule is COc1ccc(C(=O)NC[C@H](c2ccccc2)[NH+](C)C)cc1F. The fraction of sp³-hybridized carbons (Fsp3) is 0.278. The second-order valence-electron chi connectivity index (χ2n) is 5.60. The van der Waals surface area contributed by atoms with Crippen molar-refractivity contribution in [1.29, 1.82) is 0 Å². The topological polar surface area (TPSA) is 42.8 Å². The molecular weight excluding hydrogens is 295 g/mol. The molecule has 1 atom stereocenters. The molecule has 2 aromatic rings. The third-order valence-electron chi connectivity index (χ3n) is 3.78. The Morgan fingerprint density at radius 1 is 1.22 bits per heavy atom. The molecule has 0 heterocycles. The van der Waals surface area contributed by atoms with E-state index in [1.54, 1.807) is 6.07 Å². The Labute approximate surface area is 135 Å². The van der Waals surface area contributed by atoms with E-state index >= 15 is 0 Å². The molecule has 1 amide bonds. The van der Waals surface area contributed by atoms with Gasteiger partial charge in [0.1, 0.15) is 6.04 Å². The molecule has 0 saturated carbocycles. The minimum absolute atomic E-state index is 0.126. The van der Waals surface area contributed by atoms with Gasteiger partial charge in [-0.25, -0.2) is 4.39 Å². The van der Waals surface area contributed by atoms with Crippen LogP contribution in [0.4, 0.5) is 4.39 Å². The van der Waals surface area contributed by atoms with Gasteiger partial charge in [0.2, 0.25) is 0 Å². The molecular formula is C18H22FN2O2+. The van der Waals surface area contributed by atoms with E-state index in [1.807, 2.05) is 44.4 Å². The first-order valence-corrected chi connectivity index (χ1v) is 7.49. The number of ether oxygens (including phenoxy) is 1. The van der Waals surface area contributed by atoms with Crippen LogP contribution in [0.3, 0.4) is 0 Å². The molecule has 0 spiro atoms. The van der Waals surface area contributed by atoms with E-state index in [9.17, 15) is 9.18 Å². The van der Waals surface area contributed by atoms with Crippen molar-refractivity contribution in [2.75, 3.05) is 27.7 Å². The Morgan fingerprint density at radius 2 is 1.91 bits per heavy atom. The first kappa shape index (κ1) is 17.0. The number of nitrogens with one attached hydrogen (secondary N) is 2. The average molecular weight is 317 g/mol. The van der Waals surface area contributed by atoms with Gasteiger partial charge in [-0.2, -0.15) is 0 Å². The molecule has 0 aliphatic rings. The van der Waals surface area contributed by atoms with Gasteiger partial charge in [-0.1, -0.05) is 30.3 Å². The van der Waals surface area contributed by atoms with Crippen LogP contribution in [0.25, 0.3) is 0 Å². The molecule has 2 rings (SSSR count). The van der Waals surface area contributed by atoms with Gasteiger partial charge in [-0.15, -0.1) is 0 Å². The average Bonchev–Trinajstić information content (AvgIpc) is 2.55. The zero-order chi connectivity index (χ0) is 16.8. The molecule has 0 aliphatic heterocycles. The Bertz CT molecular complexity index is 659. The second-order valence-corrected chi connectivity index (χ2v) is 5.60. The van der Waals surface area contributed by atoms with Crippen LogP contribution in [0.15, 0.2) is 48.5 Å². The molecule has 0 aliphatic carbocycles. The summed E-state index contributed by atoms with van der Waals surface area (Å²) in [6, 6.07) is 14.3. The zero-order valence-corrected chi connectivity index (χ0v) is 13.6. The van der Waals surface area contributed by atoms with Crippen molar-refractivity contribution in [1.82, 2.24) is 5.32 Å². The highest BCUT2D eigenvalue weighted by atomic mass is 19.1. The normalized spacial score (nSPS) is 12.0. The monoisotopic (exact) mass is 317 g/mol. The second kappa shape index (κ2) is 7.74. The molecule has 0 bridgehead atoms. The number of carbonyl (C=O) groups is 1. The van der Waals surface area contributed by atoms with E-state index in [-0.39, 0.29) is 23.3 Å². The van der Waals surface area contributed by atoms with Crippen LogP contribution in [-0.4, -0.2) is 33.7 Å². The van der Waals surface area contributed by atoms with Gasteiger partial charge < -0.3 is 15.0 Å². The maximum absolute atomic E-state index is 13.7. The highest BCUT2D eigenvalue weighted by Crippen LogP contribution is 2.17. The van der Waals surface area contributed by atoms with Crippen molar-refractivity contribution in [2.24, 2.45) is 0 Å². The molecule has 0 fully saturated rings. The largest absolute Gasteiger partial charge is 0.494 e. The van der Waals surface area contributed by atoms with E-state index < -0.39 is 5.82 Å². The van der Waals surface area contributed by atoms with Gasteiger partial charge >= 0.3 is 0 Å². The number of quaternary nitrogens is 1. The predicted octanol–water partition coefficient (Wildman–Crippen LogP) is 1.45. The van der Waals surface area contributed by atoms with Crippen LogP contribution in [-0.2, 0) is 0 Å². The standard InChI is InChI=1S/C18H21FN2O2/c1-21(2)16(13-7-5-4-6-8-13)12-20-18(22)14-9-10-17(23-3)15(19)11-14/h4-11,16H,12H2,1-3H3,(H,20,22)/p+1/t16-/m1/s1. The molecule has 0 saturated heterocycles. The number of methoxy groups -OCH3 is 1. The summed E-state index contributed by atoms with van der Waals surface area (Å²) in [5.41, 5.74) is 1.43. The third-order valence-corrected chi connectivity index (χ3v) is 3.78. The Morgan fingerprint density at radius 3 is 2.48 bits per heavy atom. The van der Waals surface area contributed by atoms with E-state index in [4.69, 9.17) is 4.74 Å². The van der Waals surface area contributed by atoms with Crippen LogP contribution >= 0.6 is 0 Å². The third kappa shape index (κ3) is 4.29. The summed E-state index contributed by atoms with van der Waals surface area (Å²) in [5.74, 6) is -0.715. The van der Waals surface area contributed by atoms with Crippen molar-refractivity contribution in [3.05, 3.63) is 65.5 Å². The summed E-state index contributed by atoms with van der Waals surface area (Å²) in [6.07, 6.45) is 0. The fourth-order valence-corrected chi connectivity index (χ4v) is 2.45. The number of amides is 1. The summed E-state index contributed by atoms with van der Waals surface area (Å²) < 4.78 is 18.6. The summed E-state index contributed by atoms with van der Waals surface area (Å²) >= 11 is 0. The number of halogens is 1. The van der Waals surface area contributed by atoms with Crippen LogP contribution in [0.5, 0.6) is 5.75 Å². The number of rotatable bonds is 6. The zero-order valence-electron chi connectivity index (χ0n) is 13.6. The molecule has 5 heteroatoms. The van der Waals surface area contributed by atoms with Gasteiger partial charge in [0.25, 0.3) is 5.91 Å². The molecule has 122 valence electrons. The smallest absolute Gasteiger partial charge is 0.251 e. The minimum Gasteiger partial charge on any atom is -0.494 e. The summed E-state index contributed by atoms with van der Waals surface area (Å²) in [5, 5.41) is 2.88. The maximum Gasteiger partial charge on any atom is 0.251 e. The molecule has 0 aromatic heterocycles. The molecule has 0 unspecified atom stereocenters. The first-order valence-electron chi connectivity index (χ1n) is 7.49. The van der Waals surface area contributed by atoms with Crippen LogP contribution < -0.4 is 15.0 Å². The Hall–Kier alpha value is -2.40. The fourth-order valence-electron chi connectivity index (χ4n) is 2.45. The van der Waals surface area contributed by atoms with Crippen LogP contribution in [0, 0.1) is 5.82 Å². The lowest BCUT2D eigenvalue weighted by Crippen LogP contribution is -3.07.